The second-order valence-electron chi connectivity index (χ2n) is 5.12. The minimum Gasteiger partial charge on any atom is -0.357 e. The molecule has 116 valence electrons. The maximum Gasteiger partial charge on any atom is 0.241 e. The minimum absolute atomic E-state index is 0.0942. The topological polar surface area (TPSA) is 78.4 Å². The van der Waals surface area contributed by atoms with Gasteiger partial charge in [-0.25, -0.2) is 0 Å². The summed E-state index contributed by atoms with van der Waals surface area (Å²) in [5.41, 5.74) is 0. The normalized spacial score (nSPS) is 13.9. The maximum absolute atomic E-state index is 11.9. The molecule has 1 aliphatic rings. The van der Waals surface area contributed by atoms with Gasteiger partial charge in [0.2, 0.25) is 16.9 Å². The number of nitrogens with zero attached hydrogens (tertiary/aromatic N) is 4. The number of rotatable bonds is 7. The summed E-state index contributed by atoms with van der Waals surface area (Å²) in [6, 6.07) is 0.542. The molecule has 0 spiro atoms. The maximum atomic E-state index is 11.9. The van der Waals surface area contributed by atoms with Gasteiger partial charge in [0.05, 0.1) is 12.3 Å². The molecule has 21 heavy (non-hydrogen) atoms. The highest BCUT2D eigenvalue weighted by Crippen LogP contribution is 2.30. The molecule has 0 aliphatic heterocycles. The quantitative estimate of drug-likeness (QED) is 0.744. The molecule has 0 bridgehead atoms. The molecule has 1 fully saturated rings. The van der Waals surface area contributed by atoms with Crippen molar-refractivity contribution in [1.29, 1.82) is 0 Å². The number of nitrogens with one attached hydrogen (secondary N) is 1. The van der Waals surface area contributed by atoms with Gasteiger partial charge in [0.25, 0.3) is 0 Å². The Morgan fingerprint density at radius 2 is 2.00 bits per heavy atom. The van der Waals surface area contributed by atoms with Crippen LogP contribution in [0.25, 0.3) is 0 Å². The first-order valence-electron chi connectivity index (χ1n) is 6.62. The van der Waals surface area contributed by atoms with E-state index in [1.807, 2.05) is 0 Å². The number of carbonyl (C=O) groups excluding carboxylic acids is 2. The number of thioether (sulfide) groups is 1. The lowest BCUT2D eigenvalue weighted by Crippen LogP contribution is -2.38. The van der Waals surface area contributed by atoms with Crippen LogP contribution in [0.15, 0.2) is 4.34 Å². The lowest BCUT2D eigenvalue weighted by atomic mass is 10.5. The summed E-state index contributed by atoms with van der Waals surface area (Å²) in [4.78, 5) is 26.4. The standard InChI is InChI=1S/C12H19N5O2S2/c1-16(2)9(18)6-17(3)10(19)7-20-12-15-14-11(21-12)13-8-4-5-8/h8H,4-7H2,1-3H3,(H,13,14). The molecule has 0 saturated heterocycles. The van der Waals surface area contributed by atoms with Crippen molar-refractivity contribution in [2.24, 2.45) is 0 Å². The van der Waals surface area contributed by atoms with E-state index in [4.69, 9.17) is 0 Å². The summed E-state index contributed by atoms with van der Waals surface area (Å²) in [7, 11) is 4.97. The molecule has 2 amide bonds. The Morgan fingerprint density at radius 3 is 2.62 bits per heavy atom. The van der Waals surface area contributed by atoms with E-state index in [9.17, 15) is 9.59 Å². The Kier molecular flexibility index (Phi) is 5.40. The third-order valence-corrected chi connectivity index (χ3v) is 4.90. The van der Waals surface area contributed by atoms with Gasteiger partial charge in [-0.15, -0.1) is 10.2 Å². The van der Waals surface area contributed by atoms with Crippen LogP contribution in [0.4, 0.5) is 5.13 Å². The molecular formula is C12H19N5O2S2. The van der Waals surface area contributed by atoms with Crippen LogP contribution in [-0.2, 0) is 9.59 Å². The smallest absolute Gasteiger partial charge is 0.241 e. The number of hydrogen-bond acceptors (Lipinski definition) is 7. The van der Waals surface area contributed by atoms with Gasteiger partial charge in [-0.05, 0) is 12.8 Å². The molecule has 0 unspecified atom stereocenters. The fraction of sp³-hybridized carbons (Fsp3) is 0.667. The Morgan fingerprint density at radius 1 is 1.29 bits per heavy atom. The molecule has 9 heteroatoms. The van der Waals surface area contributed by atoms with Gasteiger partial charge in [-0.1, -0.05) is 23.1 Å². The number of amides is 2. The Balaban J connectivity index is 1.74. The third-order valence-electron chi connectivity index (χ3n) is 2.93. The van der Waals surface area contributed by atoms with Gasteiger partial charge >= 0.3 is 0 Å². The Hall–Kier alpha value is -1.35. The Labute approximate surface area is 132 Å². The van der Waals surface area contributed by atoms with Gasteiger partial charge in [0.15, 0.2) is 4.34 Å². The molecular weight excluding hydrogens is 310 g/mol. The molecule has 0 aromatic carbocycles. The second kappa shape index (κ2) is 7.08. The van der Waals surface area contributed by atoms with E-state index in [1.165, 1.54) is 45.7 Å². The molecule has 0 radical (unpaired) electrons. The number of likely N-dealkylation sites (N-methyl/N-ethyl adjacent to an activating group) is 2. The van der Waals surface area contributed by atoms with Crippen molar-refractivity contribution in [3.63, 3.8) is 0 Å². The SMILES string of the molecule is CN(C)C(=O)CN(C)C(=O)CSc1nnc(NC2CC2)s1. The molecule has 1 N–H and O–H groups in total. The zero-order chi connectivity index (χ0) is 15.4. The van der Waals surface area contributed by atoms with Crippen LogP contribution < -0.4 is 5.32 Å². The molecule has 1 aliphatic carbocycles. The highest BCUT2D eigenvalue weighted by Gasteiger charge is 2.22. The lowest BCUT2D eigenvalue weighted by molar-refractivity contribution is -0.136. The Bertz CT molecular complexity index is 516. The van der Waals surface area contributed by atoms with Gasteiger partial charge in [0, 0.05) is 27.2 Å². The van der Waals surface area contributed by atoms with Crippen molar-refractivity contribution in [3.8, 4) is 0 Å². The summed E-state index contributed by atoms with van der Waals surface area (Å²) in [5.74, 6) is 0.0692. The van der Waals surface area contributed by atoms with Crippen molar-refractivity contribution in [2.75, 3.05) is 38.8 Å². The van der Waals surface area contributed by atoms with Crippen molar-refractivity contribution >= 4 is 40.0 Å². The van der Waals surface area contributed by atoms with Crippen LogP contribution in [0, 0.1) is 0 Å². The van der Waals surface area contributed by atoms with Crippen molar-refractivity contribution in [3.05, 3.63) is 0 Å². The van der Waals surface area contributed by atoms with E-state index in [-0.39, 0.29) is 24.1 Å². The zero-order valence-corrected chi connectivity index (χ0v) is 14.0. The van der Waals surface area contributed by atoms with Gasteiger partial charge in [-0.3, -0.25) is 9.59 Å². The average molecular weight is 329 g/mol. The molecule has 1 aromatic rings. The number of carbonyl (C=O) groups is 2. The van der Waals surface area contributed by atoms with Crippen molar-refractivity contribution < 1.29 is 9.59 Å². The fourth-order valence-corrected chi connectivity index (χ4v) is 3.16. The third kappa shape index (κ3) is 5.16. The fourth-order valence-electron chi connectivity index (χ4n) is 1.39. The average Bonchev–Trinajstić information content (AvgIpc) is 3.13. The predicted molar refractivity (Wildman–Crippen MR) is 83.6 cm³/mol. The molecule has 2 rings (SSSR count). The number of hydrogen-bond donors (Lipinski definition) is 1. The first-order chi connectivity index (χ1) is 9.95. The minimum atomic E-state index is -0.0953. The molecule has 1 saturated carbocycles. The monoisotopic (exact) mass is 329 g/mol. The lowest BCUT2D eigenvalue weighted by Gasteiger charge is -2.18. The summed E-state index contributed by atoms with van der Waals surface area (Å²) in [6.45, 7) is 0.0942. The van der Waals surface area contributed by atoms with Gasteiger partial charge < -0.3 is 15.1 Å². The number of aromatic nitrogens is 2. The van der Waals surface area contributed by atoms with Crippen LogP contribution in [-0.4, -0.2) is 71.3 Å². The first kappa shape index (κ1) is 16.0. The summed E-state index contributed by atoms with van der Waals surface area (Å²) >= 11 is 2.81. The largest absolute Gasteiger partial charge is 0.357 e. The summed E-state index contributed by atoms with van der Waals surface area (Å²) < 4.78 is 0.763. The van der Waals surface area contributed by atoms with Crippen LogP contribution in [0.2, 0.25) is 0 Å². The van der Waals surface area contributed by atoms with Crippen LogP contribution >= 0.6 is 23.1 Å². The predicted octanol–water partition coefficient (Wildman–Crippen LogP) is 0.751. The van der Waals surface area contributed by atoms with Gasteiger partial charge in [0.1, 0.15) is 0 Å². The first-order valence-corrected chi connectivity index (χ1v) is 8.43. The molecule has 0 atom stereocenters. The summed E-state index contributed by atoms with van der Waals surface area (Å²) in [6.07, 6.45) is 2.37. The summed E-state index contributed by atoms with van der Waals surface area (Å²) in [5, 5.41) is 12.2. The van der Waals surface area contributed by atoms with E-state index in [1.54, 1.807) is 21.1 Å². The second-order valence-corrected chi connectivity index (χ2v) is 7.32. The highest BCUT2D eigenvalue weighted by atomic mass is 32.2. The van der Waals surface area contributed by atoms with E-state index in [0.29, 0.717) is 6.04 Å². The van der Waals surface area contributed by atoms with E-state index < -0.39 is 0 Å². The molecule has 1 aromatic heterocycles. The highest BCUT2D eigenvalue weighted by molar-refractivity contribution is 8.01. The van der Waals surface area contributed by atoms with Crippen molar-refractivity contribution in [2.45, 2.75) is 23.2 Å². The van der Waals surface area contributed by atoms with Crippen molar-refractivity contribution in [1.82, 2.24) is 20.0 Å². The van der Waals surface area contributed by atoms with Gasteiger partial charge in [-0.2, -0.15) is 0 Å². The van der Waals surface area contributed by atoms with E-state index in [0.717, 1.165) is 9.47 Å². The van der Waals surface area contributed by atoms with Crippen LogP contribution in [0.1, 0.15) is 12.8 Å². The molecule has 7 nitrogen and oxygen atoms in total. The van der Waals surface area contributed by atoms with Crippen LogP contribution in [0.5, 0.6) is 0 Å². The molecule has 1 heterocycles. The van der Waals surface area contributed by atoms with Crippen LogP contribution in [0.3, 0.4) is 0 Å². The van der Waals surface area contributed by atoms with E-state index in [2.05, 4.69) is 15.5 Å². The van der Waals surface area contributed by atoms with E-state index >= 15 is 0 Å². The number of anilines is 1. The zero-order valence-electron chi connectivity index (χ0n) is 12.3.